The van der Waals surface area contributed by atoms with Crippen molar-refractivity contribution in [3.05, 3.63) is 34.9 Å². The maximum atomic E-state index is 12.6. The molecule has 0 saturated carbocycles. The zero-order valence-corrected chi connectivity index (χ0v) is 13.7. The Bertz CT molecular complexity index is 547. The average Bonchev–Trinajstić information content (AvgIpc) is 2.71. The normalized spacial score (nSPS) is 21.3. The van der Waals surface area contributed by atoms with Gasteiger partial charge in [0, 0.05) is 11.6 Å². The van der Waals surface area contributed by atoms with Crippen LogP contribution in [0.1, 0.15) is 32.3 Å². The monoisotopic (exact) mass is 324 g/mol. The summed E-state index contributed by atoms with van der Waals surface area (Å²) in [5.74, 6) is -0.265. The molecule has 22 heavy (non-hydrogen) atoms. The zero-order chi connectivity index (χ0) is 16.2. The molecule has 0 bridgehead atoms. The third-order valence-corrected chi connectivity index (χ3v) is 4.05. The Kier molecular flexibility index (Phi) is 5.42. The number of nitrogens with zero attached hydrogens (tertiary/aromatic N) is 1. The number of ether oxygens (including phenoxy) is 1. The van der Waals surface area contributed by atoms with Crippen LogP contribution in [0, 0.1) is 0 Å². The van der Waals surface area contributed by atoms with Gasteiger partial charge < -0.3 is 10.1 Å². The van der Waals surface area contributed by atoms with Crippen molar-refractivity contribution < 1.29 is 14.3 Å². The number of carbonyl (C=O) groups excluding carboxylic acids is 2. The summed E-state index contributed by atoms with van der Waals surface area (Å²) in [5, 5.41) is 3.34. The van der Waals surface area contributed by atoms with Crippen LogP contribution >= 0.6 is 11.6 Å². The predicted molar refractivity (Wildman–Crippen MR) is 84.8 cm³/mol. The Morgan fingerprint density at radius 2 is 1.91 bits per heavy atom. The first-order valence-corrected chi connectivity index (χ1v) is 7.84. The highest BCUT2D eigenvalue weighted by molar-refractivity contribution is 6.30. The van der Waals surface area contributed by atoms with Crippen LogP contribution in [0.25, 0.3) is 0 Å². The van der Waals surface area contributed by atoms with Crippen molar-refractivity contribution >= 4 is 23.5 Å². The highest BCUT2D eigenvalue weighted by atomic mass is 35.5. The minimum Gasteiger partial charge on any atom is -0.380 e. The smallest absolute Gasteiger partial charge is 0.325 e. The molecule has 0 radical (unpaired) electrons. The van der Waals surface area contributed by atoms with Gasteiger partial charge in [-0.3, -0.25) is 9.69 Å². The van der Waals surface area contributed by atoms with E-state index in [4.69, 9.17) is 16.3 Å². The molecular formula is C16H21ClN2O3. The second-order valence-electron chi connectivity index (χ2n) is 5.48. The molecule has 1 fully saturated rings. The van der Waals surface area contributed by atoms with Crippen LogP contribution < -0.4 is 5.32 Å². The van der Waals surface area contributed by atoms with E-state index in [9.17, 15) is 9.59 Å². The first-order chi connectivity index (χ1) is 10.5. The molecule has 1 unspecified atom stereocenters. The topological polar surface area (TPSA) is 58.6 Å². The summed E-state index contributed by atoms with van der Waals surface area (Å²) in [4.78, 5) is 25.9. The van der Waals surface area contributed by atoms with Gasteiger partial charge in [-0.25, -0.2) is 4.79 Å². The highest BCUT2D eigenvalue weighted by Gasteiger charge is 2.48. The predicted octanol–water partition coefficient (Wildman–Crippen LogP) is 2.92. The summed E-state index contributed by atoms with van der Waals surface area (Å²) < 4.78 is 5.43. The van der Waals surface area contributed by atoms with E-state index >= 15 is 0 Å². The standard InChI is InChI=1S/C16H21ClN2O3/c1-3-4-10-22-11-9-19-14(20)16(2,18-15(19)21)12-5-7-13(17)8-6-12/h5-8H,3-4,9-11H2,1-2H3,(H,18,21). The number of nitrogens with one attached hydrogen (secondary N) is 1. The molecular weight excluding hydrogens is 304 g/mol. The number of unbranched alkanes of at least 4 members (excludes halogenated alkanes) is 1. The van der Waals surface area contributed by atoms with E-state index in [1.807, 2.05) is 0 Å². The lowest BCUT2D eigenvalue weighted by molar-refractivity contribution is -0.131. The van der Waals surface area contributed by atoms with E-state index < -0.39 is 5.54 Å². The van der Waals surface area contributed by atoms with Gasteiger partial charge in [-0.1, -0.05) is 37.1 Å². The third-order valence-electron chi connectivity index (χ3n) is 3.80. The van der Waals surface area contributed by atoms with Crippen LogP contribution in [0.3, 0.4) is 0 Å². The van der Waals surface area contributed by atoms with Crippen molar-refractivity contribution in [3.63, 3.8) is 0 Å². The van der Waals surface area contributed by atoms with Crippen molar-refractivity contribution in [2.75, 3.05) is 19.8 Å². The van der Waals surface area contributed by atoms with Crippen molar-refractivity contribution in [1.82, 2.24) is 10.2 Å². The molecule has 1 atom stereocenters. The fraction of sp³-hybridized carbons (Fsp3) is 0.500. The summed E-state index contributed by atoms with van der Waals surface area (Å²) in [6.07, 6.45) is 2.03. The Morgan fingerprint density at radius 3 is 2.55 bits per heavy atom. The fourth-order valence-electron chi connectivity index (χ4n) is 2.38. The van der Waals surface area contributed by atoms with Gasteiger partial charge in [-0.15, -0.1) is 0 Å². The SMILES string of the molecule is CCCCOCCN1C(=O)NC(C)(c2ccc(Cl)cc2)C1=O. The first-order valence-electron chi connectivity index (χ1n) is 7.47. The quantitative estimate of drug-likeness (QED) is 0.619. The van der Waals surface area contributed by atoms with E-state index in [1.165, 1.54) is 4.90 Å². The average molecular weight is 325 g/mol. The lowest BCUT2D eigenvalue weighted by Crippen LogP contribution is -2.41. The molecule has 1 aromatic rings. The summed E-state index contributed by atoms with van der Waals surface area (Å²) in [5.41, 5.74) is -0.338. The molecule has 1 N–H and O–H groups in total. The molecule has 1 heterocycles. The maximum absolute atomic E-state index is 12.6. The second-order valence-corrected chi connectivity index (χ2v) is 5.92. The summed E-state index contributed by atoms with van der Waals surface area (Å²) in [6, 6.07) is 6.53. The van der Waals surface area contributed by atoms with Crippen molar-refractivity contribution in [2.24, 2.45) is 0 Å². The number of hydrogen-bond acceptors (Lipinski definition) is 3. The number of halogens is 1. The Morgan fingerprint density at radius 1 is 1.23 bits per heavy atom. The highest BCUT2D eigenvalue weighted by Crippen LogP contribution is 2.29. The van der Waals surface area contributed by atoms with Crippen molar-refractivity contribution in [3.8, 4) is 0 Å². The zero-order valence-electron chi connectivity index (χ0n) is 12.9. The summed E-state index contributed by atoms with van der Waals surface area (Å²) in [6.45, 7) is 5.05. The first kappa shape index (κ1) is 16.8. The van der Waals surface area contributed by atoms with Gasteiger partial charge in [0.15, 0.2) is 0 Å². The molecule has 2 rings (SSSR count). The lowest BCUT2D eigenvalue weighted by atomic mass is 9.92. The number of hydrogen-bond donors (Lipinski definition) is 1. The Labute approximate surface area is 135 Å². The maximum Gasteiger partial charge on any atom is 0.325 e. The Balaban J connectivity index is 2.02. The molecule has 5 nitrogen and oxygen atoms in total. The van der Waals surface area contributed by atoms with E-state index in [0.29, 0.717) is 23.8 Å². The van der Waals surface area contributed by atoms with Crippen LogP contribution in [0.15, 0.2) is 24.3 Å². The van der Waals surface area contributed by atoms with E-state index in [-0.39, 0.29) is 18.5 Å². The fourth-order valence-corrected chi connectivity index (χ4v) is 2.51. The molecule has 1 saturated heterocycles. The van der Waals surface area contributed by atoms with Crippen LogP contribution in [-0.4, -0.2) is 36.6 Å². The molecule has 3 amide bonds. The second kappa shape index (κ2) is 7.11. The van der Waals surface area contributed by atoms with Gasteiger partial charge >= 0.3 is 6.03 Å². The summed E-state index contributed by atoms with van der Waals surface area (Å²) >= 11 is 5.87. The van der Waals surface area contributed by atoms with Crippen LogP contribution in [0.4, 0.5) is 4.79 Å². The number of carbonyl (C=O) groups is 2. The number of amides is 3. The largest absolute Gasteiger partial charge is 0.380 e. The molecule has 1 aliphatic rings. The number of urea groups is 1. The molecule has 1 aliphatic heterocycles. The molecule has 120 valence electrons. The summed E-state index contributed by atoms with van der Waals surface area (Å²) in [7, 11) is 0. The van der Waals surface area contributed by atoms with Gasteiger partial charge in [-0.2, -0.15) is 0 Å². The molecule has 1 aromatic carbocycles. The Hall–Kier alpha value is -1.59. The van der Waals surface area contributed by atoms with Gasteiger partial charge in [0.25, 0.3) is 5.91 Å². The van der Waals surface area contributed by atoms with Crippen LogP contribution in [0.5, 0.6) is 0 Å². The van der Waals surface area contributed by atoms with Crippen molar-refractivity contribution in [2.45, 2.75) is 32.2 Å². The van der Waals surface area contributed by atoms with Gasteiger partial charge in [0.2, 0.25) is 0 Å². The van der Waals surface area contributed by atoms with E-state index in [1.54, 1.807) is 31.2 Å². The number of rotatable bonds is 7. The minimum absolute atomic E-state index is 0.261. The number of imide groups is 1. The van der Waals surface area contributed by atoms with Crippen LogP contribution in [0.2, 0.25) is 5.02 Å². The molecule has 0 aromatic heterocycles. The molecule has 0 spiro atoms. The number of benzene rings is 1. The third kappa shape index (κ3) is 3.42. The van der Waals surface area contributed by atoms with E-state index in [0.717, 1.165) is 12.8 Å². The molecule has 6 heteroatoms. The van der Waals surface area contributed by atoms with Crippen molar-refractivity contribution in [1.29, 1.82) is 0 Å². The minimum atomic E-state index is -1.05. The van der Waals surface area contributed by atoms with Gasteiger partial charge in [0.1, 0.15) is 5.54 Å². The van der Waals surface area contributed by atoms with Gasteiger partial charge in [0.05, 0.1) is 13.2 Å². The van der Waals surface area contributed by atoms with Gasteiger partial charge in [-0.05, 0) is 31.0 Å². The van der Waals surface area contributed by atoms with E-state index in [2.05, 4.69) is 12.2 Å². The lowest BCUT2D eigenvalue weighted by Gasteiger charge is -2.22. The van der Waals surface area contributed by atoms with Crippen LogP contribution in [-0.2, 0) is 15.1 Å². The molecule has 0 aliphatic carbocycles.